The second-order valence-corrected chi connectivity index (χ2v) is 5.47. The molecule has 0 aliphatic carbocycles. The fourth-order valence-electron chi connectivity index (χ4n) is 2.83. The Morgan fingerprint density at radius 1 is 1.17 bits per heavy atom. The van der Waals surface area contributed by atoms with Crippen LogP contribution in [0.3, 0.4) is 0 Å². The molecule has 1 aromatic carbocycles. The van der Waals surface area contributed by atoms with Gasteiger partial charge in [-0.05, 0) is 12.1 Å². The molecule has 124 valence electrons. The lowest BCUT2D eigenvalue weighted by molar-refractivity contribution is -0.151. The Morgan fingerprint density at radius 2 is 1.87 bits per heavy atom. The molecule has 2 saturated heterocycles. The molecule has 2 heterocycles. The number of morpholine rings is 1. The minimum absolute atomic E-state index is 0.0523. The average molecular weight is 320 g/mol. The molecular formula is C16H20N2O5. The van der Waals surface area contributed by atoms with Crippen LogP contribution in [0.1, 0.15) is 6.42 Å². The van der Waals surface area contributed by atoms with Gasteiger partial charge >= 0.3 is 5.97 Å². The Labute approximate surface area is 134 Å². The zero-order valence-electron chi connectivity index (χ0n) is 13.0. The van der Waals surface area contributed by atoms with Crippen LogP contribution in [0.2, 0.25) is 0 Å². The number of esters is 1. The zero-order chi connectivity index (χ0) is 16.2. The van der Waals surface area contributed by atoms with Crippen molar-refractivity contribution in [2.24, 2.45) is 0 Å². The number of anilines is 1. The molecule has 2 aliphatic heterocycles. The Morgan fingerprint density at radius 3 is 2.52 bits per heavy atom. The standard InChI is InChI=1S/C16H20N2O5/c1-21-16(20)14-11-13(15(19)17-7-9-22-10-8-17)18(23-14)12-5-3-2-4-6-12/h2-6,13-14H,7-11H2,1H3. The van der Waals surface area contributed by atoms with Gasteiger partial charge in [0.25, 0.3) is 0 Å². The van der Waals surface area contributed by atoms with Crippen molar-refractivity contribution in [2.45, 2.75) is 18.6 Å². The number of rotatable bonds is 3. The molecule has 2 aliphatic rings. The summed E-state index contributed by atoms with van der Waals surface area (Å²) >= 11 is 0. The summed E-state index contributed by atoms with van der Waals surface area (Å²) in [5.74, 6) is -0.522. The molecule has 1 amide bonds. The van der Waals surface area contributed by atoms with Crippen molar-refractivity contribution in [1.82, 2.24) is 4.90 Å². The lowest BCUT2D eigenvalue weighted by Gasteiger charge is -2.32. The van der Waals surface area contributed by atoms with Gasteiger partial charge in [0, 0.05) is 19.5 Å². The summed E-state index contributed by atoms with van der Waals surface area (Å²) in [7, 11) is 1.32. The molecule has 0 spiro atoms. The second kappa shape index (κ2) is 6.97. The predicted molar refractivity (Wildman–Crippen MR) is 81.6 cm³/mol. The van der Waals surface area contributed by atoms with E-state index in [1.165, 1.54) is 12.2 Å². The van der Waals surface area contributed by atoms with Crippen molar-refractivity contribution in [3.63, 3.8) is 0 Å². The number of carbonyl (C=O) groups excluding carboxylic acids is 2. The third-order valence-electron chi connectivity index (χ3n) is 4.04. The molecule has 0 saturated carbocycles. The summed E-state index contributed by atoms with van der Waals surface area (Å²) in [5.41, 5.74) is 0.741. The van der Waals surface area contributed by atoms with Crippen molar-refractivity contribution >= 4 is 17.6 Å². The number of amides is 1. The molecule has 2 unspecified atom stereocenters. The van der Waals surface area contributed by atoms with E-state index < -0.39 is 18.1 Å². The molecule has 7 nitrogen and oxygen atoms in total. The monoisotopic (exact) mass is 320 g/mol. The maximum absolute atomic E-state index is 12.8. The fourth-order valence-corrected chi connectivity index (χ4v) is 2.83. The Kier molecular flexibility index (Phi) is 4.78. The molecular weight excluding hydrogens is 300 g/mol. The first-order valence-electron chi connectivity index (χ1n) is 7.66. The van der Waals surface area contributed by atoms with E-state index in [1.54, 1.807) is 4.90 Å². The summed E-state index contributed by atoms with van der Waals surface area (Å²) < 4.78 is 10.0. The number of para-hydroxylation sites is 1. The van der Waals surface area contributed by atoms with Gasteiger partial charge in [0.05, 0.1) is 26.0 Å². The number of hydroxylamine groups is 1. The molecule has 0 N–H and O–H groups in total. The van der Waals surface area contributed by atoms with E-state index in [4.69, 9.17) is 14.3 Å². The van der Waals surface area contributed by atoms with Crippen LogP contribution in [0.4, 0.5) is 5.69 Å². The Hall–Kier alpha value is -2.12. The number of nitrogens with zero attached hydrogens (tertiary/aromatic N) is 2. The number of benzene rings is 1. The third kappa shape index (κ3) is 3.30. The number of methoxy groups -OCH3 is 1. The van der Waals surface area contributed by atoms with Gasteiger partial charge < -0.3 is 14.4 Å². The van der Waals surface area contributed by atoms with Crippen molar-refractivity contribution in [2.75, 3.05) is 38.5 Å². The van der Waals surface area contributed by atoms with Crippen molar-refractivity contribution in [1.29, 1.82) is 0 Å². The van der Waals surface area contributed by atoms with Gasteiger partial charge in [-0.15, -0.1) is 0 Å². The van der Waals surface area contributed by atoms with Gasteiger partial charge in [-0.25, -0.2) is 9.86 Å². The maximum atomic E-state index is 12.8. The SMILES string of the molecule is COC(=O)C1CC(C(=O)N2CCOCC2)N(c2ccccc2)O1. The van der Waals surface area contributed by atoms with E-state index in [0.29, 0.717) is 26.3 Å². The first-order valence-corrected chi connectivity index (χ1v) is 7.66. The molecule has 0 radical (unpaired) electrons. The van der Waals surface area contributed by atoms with Crippen LogP contribution in [-0.2, 0) is 23.9 Å². The van der Waals surface area contributed by atoms with Crippen molar-refractivity contribution in [3.05, 3.63) is 30.3 Å². The summed E-state index contributed by atoms with van der Waals surface area (Å²) in [5, 5.41) is 1.53. The van der Waals surface area contributed by atoms with E-state index in [1.807, 2.05) is 30.3 Å². The number of carbonyl (C=O) groups is 2. The van der Waals surface area contributed by atoms with Gasteiger partial charge in [0.15, 0.2) is 6.10 Å². The van der Waals surface area contributed by atoms with Crippen LogP contribution in [0.5, 0.6) is 0 Å². The zero-order valence-corrected chi connectivity index (χ0v) is 13.0. The van der Waals surface area contributed by atoms with Crippen LogP contribution in [0, 0.1) is 0 Å². The molecule has 1 aromatic rings. The van der Waals surface area contributed by atoms with Crippen LogP contribution >= 0.6 is 0 Å². The molecule has 2 atom stereocenters. The lowest BCUT2D eigenvalue weighted by atomic mass is 10.1. The fraction of sp³-hybridized carbons (Fsp3) is 0.500. The number of hydrogen-bond acceptors (Lipinski definition) is 6. The highest BCUT2D eigenvalue weighted by Crippen LogP contribution is 2.29. The summed E-state index contributed by atoms with van der Waals surface area (Å²) in [6, 6.07) is 8.76. The van der Waals surface area contributed by atoms with E-state index >= 15 is 0 Å². The van der Waals surface area contributed by atoms with E-state index in [9.17, 15) is 9.59 Å². The van der Waals surface area contributed by atoms with E-state index in [-0.39, 0.29) is 12.3 Å². The number of ether oxygens (including phenoxy) is 2. The Bertz CT molecular complexity index is 559. The number of hydrogen-bond donors (Lipinski definition) is 0. The third-order valence-corrected chi connectivity index (χ3v) is 4.04. The highest BCUT2D eigenvalue weighted by molar-refractivity contribution is 5.87. The first-order chi connectivity index (χ1) is 11.2. The minimum Gasteiger partial charge on any atom is -0.467 e. The van der Waals surface area contributed by atoms with Crippen LogP contribution in [0.15, 0.2) is 30.3 Å². The molecule has 2 fully saturated rings. The second-order valence-electron chi connectivity index (χ2n) is 5.47. The largest absolute Gasteiger partial charge is 0.467 e. The quantitative estimate of drug-likeness (QED) is 0.760. The van der Waals surface area contributed by atoms with Crippen molar-refractivity contribution < 1.29 is 23.9 Å². The van der Waals surface area contributed by atoms with Gasteiger partial charge in [0.1, 0.15) is 6.04 Å². The average Bonchev–Trinajstić information content (AvgIpc) is 3.07. The van der Waals surface area contributed by atoms with Gasteiger partial charge in [-0.2, -0.15) is 0 Å². The highest BCUT2D eigenvalue weighted by atomic mass is 16.7. The molecule has 0 bridgehead atoms. The van der Waals surface area contributed by atoms with Crippen LogP contribution in [-0.4, -0.2) is 62.3 Å². The minimum atomic E-state index is -0.768. The van der Waals surface area contributed by atoms with Gasteiger partial charge in [-0.1, -0.05) is 18.2 Å². The predicted octanol–water partition coefficient (Wildman–Crippen LogP) is 0.597. The van der Waals surface area contributed by atoms with E-state index in [0.717, 1.165) is 5.69 Å². The van der Waals surface area contributed by atoms with Crippen molar-refractivity contribution in [3.8, 4) is 0 Å². The topological polar surface area (TPSA) is 68.3 Å². The smallest absolute Gasteiger partial charge is 0.337 e. The van der Waals surface area contributed by atoms with Gasteiger partial charge in [0.2, 0.25) is 5.91 Å². The lowest BCUT2D eigenvalue weighted by Crippen LogP contribution is -2.49. The highest BCUT2D eigenvalue weighted by Gasteiger charge is 2.44. The summed E-state index contributed by atoms with van der Waals surface area (Å²) in [6.45, 7) is 2.18. The summed E-state index contributed by atoms with van der Waals surface area (Å²) in [6.07, 6.45) is -0.493. The normalized spacial score (nSPS) is 24.6. The molecule has 3 rings (SSSR count). The molecule has 0 aromatic heterocycles. The molecule has 23 heavy (non-hydrogen) atoms. The van der Waals surface area contributed by atoms with Crippen LogP contribution < -0.4 is 5.06 Å². The maximum Gasteiger partial charge on any atom is 0.337 e. The summed E-state index contributed by atoms with van der Waals surface area (Å²) in [4.78, 5) is 32.1. The van der Waals surface area contributed by atoms with Gasteiger partial charge in [-0.3, -0.25) is 9.63 Å². The van der Waals surface area contributed by atoms with E-state index in [2.05, 4.69) is 0 Å². The Balaban J connectivity index is 1.81. The molecule has 7 heteroatoms. The first kappa shape index (κ1) is 15.8. The van der Waals surface area contributed by atoms with Crippen LogP contribution in [0.25, 0.3) is 0 Å².